The van der Waals surface area contributed by atoms with E-state index in [1.54, 1.807) is 6.07 Å². The van der Waals surface area contributed by atoms with Crippen LogP contribution >= 0.6 is 0 Å². The van der Waals surface area contributed by atoms with E-state index in [0.717, 1.165) is 24.0 Å². The number of hydrogen-bond acceptors (Lipinski definition) is 3. The zero-order chi connectivity index (χ0) is 13.8. The molecule has 3 heteroatoms. The third-order valence-corrected chi connectivity index (χ3v) is 3.72. The van der Waals surface area contributed by atoms with Crippen molar-refractivity contribution in [3.05, 3.63) is 23.3 Å². The van der Waals surface area contributed by atoms with Crippen molar-refractivity contribution in [3.8, 4) is 11.5 Å². The van der Waals surface area contributed by atoms with Crippen LogP contribution in [0, 0.1) is 13.8 Å². The number of aromatic hydroxyl groups is 1. The van der Waals surface area contributed by atoms with Gasteiger partial charge < -0.3 is 14.6 Å². The van der Waals surface area contributed by atoms with Crippen molar-refractivity contribution in [2.24, 2.45) is 0 Å². The van der Waals surface area contributed by atoms with E-state index < -0.39 is 0 Å². The van der Waals surface area contributed by atoms with Gasteiger partial charge in [0.15, 0.2) is 6.29 Å². The maximum Gasteiger partial charge on any atom is 0.197 e. The molecule has 1 aliphatic rings. The Morgan fingerprint density at radius 1 is 1.11 bits per heavy atom. The van der Waals surface area contributed by atoms with Gasteiger partial charge in [-0.3, -0.25) is 0 Å². The third-order valence-electron chi connectivity index (χ3n) is 3.72. The summed E-state index contributed by atoms with van der Waals surface area (Å²) in [6, 6.07) is 3.60. The van der Waals surface area contributed by atoms with Crippen molar-refractivity contribution in [1.29, 1.82) is 0 Å². The fraction of sp³-hybridized carbons (Fsp3) is 0.625. The van der Waals surface area contributed by atoms with E-state index >= 15 is 0 Å². The minimum absolute atomic E-state index is 0.269. The molecule has 0 aromatic heterocycles. The molecule has 0 bridgehead atoms. The predicted octanol–water partition coefficient (Wildman–Crippen LogP) is 4.08. The Morgan fingerprint density at radius 3 is 2.47 bits per heavy atom. The fourth-order valence-electron chi connectivity index (χ4n) is 2.63. The molecule has 0 radical (unpaired) electrons. The summed E-state index contributed by atoms with van der Waals surface area (Å²) in [6.45, 7) is 5.79. The lowest BCUT2D eigenvalue weighted by Gasteiger charge is -2.26. The minimum Gasteiger partial charge on any atom is -0.508 e. The molecule has 1 aliphatic carbocycles. The lowest BCUT2D eigenvalue weighted by atomic mass is 9.98. The van der Waals surface area contributed by atoms with Crippen LogP contribution in [-0.4, -0.2) is 17.5 Å². The van der Waals surface area contributed by atoms with Gasteiger partial charge in [-0.2, -0.15) is 0 Å². The van der Waals surface area contributed by atoms with Gasteiger partial charge in [-0.25, -0.2) is 0 Å². The molecule has 0 amide bonds. The Hall–Kier alpha value is -1.22. The van der Waals surface area contributed by atoms with Gasteiger partial charge in [0.05, 0.1) is 6.10 Å². The SMILES string of the molecule is Cc1cc(C)c(OC(C)OC2CCCCC2)cc1O. The van der Waals surface area contributed by atoms with Crippen LogP contribution in [0.1, 0.15) is 50.2 Å². The largest absolute Gasteiger partial charge is 0.508 e. The lowest BCUT2D eigenvalue weighted by molar-refractivity contribution is -0.117. The van der Waals surface area contributed by atoms with Crippen molar-refractivity contribution in [2.45, 2.75) is 65.3 Å². The zero-order valence-electron chi connectivity index (χ0n) is 12.1. The molecule has 3 nitrogen and oxygen atoms in total. The van der Waals surface area contributed by atoms with Crippen molar-refractivity contribution in [3.63, 3.8) is 0 Å². The highest BCUT2D eigenvalue weighted by Gasteiger charge is 2.18. The van der Waals surface area contributed by atoms with Crippen LogP contribution in [0.5, 0.6) is 11.5 Å². The maximum absolute atomic E-state index is 9.74. The van der Waals surface area contributed by atoms with Gasteiger partial charge in [0.2, 0.25) is 0 Å². The van der Waals surface area contributed by atoms with Gasteiger partial charge in [0.1, 0.15) is 11.5 Å². The molecule has 1 aromatic rings. The van der Waals surface area contributed by atoms with Gasteiger partial charge in [-0.15, -0.1) is 0 Å². The fourth-order valence-corrected chi connectivity index (χ4v) is 2.63. The topological polar surface area (TPSA) is 38.7 Å². The number of benzene rings is 1. The quantitative estimate of drug-likeness (QED) is 0.833. The van der Waals surface area contributed by atoms with Crippen LogP contribution in [0.3, 0.4) is 0 Å². The Kier molecular flexibility index (Phi) is 4.70. The number of phenolic OH excluding ortho intramolecular Hbond substituents is 1. The number of rotatable bonds is 4. The van der Waals surface area contributed by atoms with Crippen molar-refractivity contribution < 1.29 is 14.6 Å². The van der Waals surface area contributed by atoms with Gasteiger partial charge in [-0.1, -0.05) is 19.3 Å². The number of phenols is 1. The second-order valence-corrected chi connectivity index (χ2v) is 5.49. The van der Waals surface area contributed by atoms with E-state index in [1.165, 1.54) is 19.3 Å². The van der Waals surface area contributed by atoms with Crippen molar-refractivity contribution in [1.82, 2.24) is 0 Å². The van der Waals surface area contributed by atoms with Crippen molar-refractivity contribution >= 4 is 0 Å². The molecule has 0 spiro atoms. The Morgan fingerprint density at radius 2 is 1.79 bits per heavy atom. The highest BCUT2D eigenvalue weighted by molar-refractivity contribution is 5.44. The molecule has 1 aromatic carbocycles. The van der Waals surface area contributed by atoms with E-state index in [0.29, 0.717) is 11.9 Å². The molecular weight excluding hydrogens is 240 g/mol. The molecule has 1 fully saturated rings. The molecule has 19 heavy (non-hydrogen) atoms. The molecule has 106 valence electrons. The van der Waals surface area contributed by atoms with E-state index in [4.69, 9.17) is 9.47 Å². The van der Waals surface area contributed by atoms with E-state index in [9.17, 15) is 5.11 Å². The van der Waals surface area contributed by atoms with Gasteiger partial charge in [0.25, 0.3) is 0 Å². The highest BCUT2D eigenvalue weighted by atomic mass is 16.7. The van der Waals surface area contributed by atoms with Crippen LogP contribution in [0.25, 0.3) is 0 Å². The summed E-state index contributed by atoms with van der Waals surface area (Å²) in [5.74, 6) is 0.969. The van der Waals surface area contributed by atoms with E-state index in [-0.39, 0.29) is 12.0 Å². The molecule has 1 atom stereocenters. The van der Waals surface area contributed by atoms with Gasteiger partial charge in [0, 0.05) is 6.07 Å². The Bertz CT molecular complexity index is 422. The average Bonchev–Trinajstić information content (AvgIpc) is 2.37. The summed E-state index contributed by atoms with van der Waals surface area (Å²) in [7, 11) is 0. The first kappa shape index (κ1) is 14.2. The second-order valence-electron chi connectivity index (χ2n) is 5.49. The molecule has 0 heterocycles. The molecule has 1 unspecified atom stereocenters. The number of aryl methyl sites for hydroxylation is 2. The lowest BCUT2D eigenvalue weighted by Crippen LogP contribution is -2.26. The third kappa shape index (κ3) is 3.87. The van der Waals surface area contributed by atoms with Crippen LogP contribution in [-0.2, 0) is 4.74 Å². The number of ether oxygens (including phenoxy) is 2. The maximum atomic E-state index is 9.74. The van der Waals surface area contributed by atoms with Gasteiger partial charge >= 0.3 is 0 Å². The van der Waals surface area contributed by atoms with Gasteiger partial charge in [-0.05, 0) is 50.8 Å². The zero-order valence-corrected chi connectivity index (χ0v) is 12.1. The first-order valence-corrected chi connectivity index (χ1v) is 7.18. The smallest absolute Gasteiger partial charge is 0.197 e. The summed E-state index contributed by atoms with van der Waals surface area (Å²) in [5.41, 5.74) is 1.89. The predicted molar refractivity (Wildman–Crippen MR) is 75.6 cm³/mol. The monoisotopic (exact) mass is 264 g/mol. The summed E-state index contributed by atoms with van der Waals surface area (Å²) >= 11 is 0. The van der Waals surface area contributed by atoms with Crippen LogP contribution < -0.4 is 4.74 Å². The standard InChI is InChI=1S/C16H24O3/c1-11-9-12(2)16(10-15(11)17)19-13(3)18-14-7-5-4-6-8-14/h9-10,13-14,17H,4-8H2,1-3H3. The summed E-state index contributed by atoms with van der Waals surface area (Å²) in [4.78, 5) is 0. The first-order chi connectivity index (χ1) is 9.06. The second kappa shape index (κ2) is 6.29. The molecule has 0 aliphatic heterocycles. The normalized spacial score (nSPS) is 18.3. The van der Waals surface area contributed by atoms with Crippen LogP contribution in [0.2, 0.25) is 0 Å². The summed E-state index contributed by atoms with van der Waals surface area (Å²) in [6.07, 6.45) is 6.13. The van der Waals surface area contributed by atoms with E-state index in [2.05, 4.69) is 0 Å². The highest BCUT2D eigenvalue weighted by Crippen LogP contribution is 2.29. The molecule has 0 saturated heterocycles. The molecule has 1 N–H and O–H groups in total. The Labute approximate surface area is 115 Å². The number of hydrogen-bond donors (Lipinski definition) is 1. The summed E-state index contributed by atoms with van der Waals surface area (Å²) in [5, 5.41) is 9.74. The summed E-state index contributed by atoms with van der Waals surface area (Å²) < 4.78 is 11.7. The minimum atomic E-state index is -0.274. The molecule has 1 saturated carbocycles. The van der Waals surface area contributed by atoms with Crippen molar-refractivity contribution in [2.75, 3.05) is 0 Å². The average molecular weight is 264 g/mol. The molecular formula is C16H24O3. The van der Waals surface area contributed by atoms with Crippen LogP contribution in [0.4, 0.5) is 0 Å². The molecule has 2 rings (SSSR count). The van der Waals surface area contributed by atoms with Crippen LogP contribution in [0.15, 0.2) is 12.1 Å². The Balaban J connectivity index is 1.94. The first-order valence-electron chi connectivity index (χ1n) is 7.18. The van der Waals surface area contributed by atoms with E-state index in [1.807, 2.05) is 26.8 Å².